The minimum absolute atomic E-state index is 0.343. The number of anilines is 2. The van der Waals surface area contributed by atoms with Crippen molar-refractivity contribution in [3.8, 4) is 11.1 Å². The first-order valence-corrected chi connectivity index (χ1v) is 13.8. The first-order chi connectivity index (χ1) is 18.0. The van der Waals surface area contributed by atoms with E-state index in [9.17, 15) is 0 Å². The van der Waals surface area contributed by atoms with Crippen LogP contribution in [0.15, 0.2) is 48.5 Å². The molecule has 0 spiro atoms. The van der Waals surface area contributed by atoms with E-state index in [0.717, 1.165) is 61.4 Å². The minimum atomic E-state index is -0.380. The lowest BCUT2D eigenvalue weighted by Crippen LogP contribution is -2.44. The van der Waals surface area contributed by atoms with E-state index in [1.165, 1.54) is 12.8 Å². The molecule has 6 rings (SSSR count). The summed E-state index contributed by atoms with van der Waals surface area (Å²) >= 11 is 6.90. The summed E-state index contributed by atoms with van der Waals surface area (Å²) in [5.74, 6) is 2.08. The number of nitrogens with zero attached hydrogens (tertiary/aromatic N) is 4. The van der Waals surface area contributed by atoms with Gasteiger partial charge in [0.05, 0.1) is 5.02 Å². The van der Waals surface area contributed by atoms with Crippen molar-refractivity contribution in [2.24, 2.45) is 11.8 Å². The first-order valence-electron chi connectivity index (χ1n) is 13.4. The van der Waals surface area contributed by atoms with E-state index in [1.54, 1.807) is 0 Å². The van der Waals surface area contributed by atoms with Gasteiger partial charge in [-0.1, -0.05) is 67.9 Å². The number of piperazine rings is 1. The minimum Gasteiger partial charge on any atom is -0.355 e. The van der Waals surface area contributed by atoms with Gasteiger partial charge < -0.3 is 15.1 Å². The molecule has 4 aromatic rings. The number of hydrogen-bond acceptors (Lipinski definition) is 5. The molecule has 37 heavy (non-hydrogen) atoms. The molecule has 0 bridgehead atoms. The van der Waals surface area contributed by atoms with E-state index in [1.807, 2.05) is 48.5 Å². The molecule has 5 nitrogen and oxygen atoms in total. The van der Waals surface area contributed by atoms with Gasteiger partial charge in [-0.15, -0.1) is 0 Å². The number of rotatable bonds is 3. The van der Waals surface area contributed by atoms with Gasteiger partial charge in [-0.25, -0.2) is 9.37 Å². The molecule has 2 fully saturated rings. The molecule has 2 atom stereocenters. The second-order valence-corrected chi connectivity index (χ2v) is 11.2. The zero-order chi connectivity index (χ0) is 25.5. The molecule has 2 unspecified atom stereocenters. The lowest BCUT2D eigenvalue weighted by Gasteiger charge is -2.31. The van der Waals surface area contributed by atoms with Crippen molar-refractivity contribution in [2.75, 3.05) is 49.1 Å². The molecule has 2 aliphatic heterocycles. The van der Waals surface area contributed by atoms with Crippen LogP contribution in [0.5, 0.6) is 0 Å². The van der Waals surface area contributed by atoms with Crippen molar-refractivity contribution < 1.29 is 4.39 Å². The highest BCUT2D eigenvalue weighted by atomic mass is 35.5. The van der Waals surface area contributed by atoms with Gasteiger partial charge in [0.15, 0.2) is 5.82 Å². The van der Waals surface area contributed by atoms with Crippen LogP contribution in [0, 0.1) is 17.7 Å². The number of nitrogens with one attached hydrogen (secondary N) is 1. The average molecular weight is 518 g/mol. The van der Waals surface area contributed by atoms with E-state index < -0.39 is 0 Å². The van der Waals surface area contributed by atoms with Crippen LogP contribution >= 0.6 is 11.6 Å². The Kier molecular flexibility index (Phi) is 6.63. The van der Waals surface area contributed by atoms with Gasteiger partial charge in [0, 0.05) is 50.2 Å². The number of hydrogen-bond donors (Lipinski definition) is 1. The summed E-state index contributed by atoms with van der Waals surface area (Å²) in [6.07, 6.45) is 2.37. The predicted molar refractivity (Wildman–Crippen MR) is 152 cm³/mol. The molecule has 0 amide bonds. The van der Waals surface area contributed by atoms with Gasteiger partial charge in [0.25, 0.3) is 0 Å². The predicted octanol–water partition coefficient (Wildman–Crippen LogP) is 6.52. The molecule has 192 valence electrons. The number of benzene rings is 3. The smallest absolute Gasteiger partial charge is 0.228 e. The lowest BCUT2D eigenvalue weighted by molar-refractivity contribution is 0.498. The summed E-state index contributed by atoms with van der Waals surface area (Å²) in [6, 6.07) is 15.8. The first kappa shape index (κ1) is 24.4. The number of halogens is 2. The molecule has 0 saturated carbocycles. The second-order valence-electron chi connectivity index (χ2n) is 10.7. The van der Waals surface area contributed by atoms with Crippen LogP contribution in [0.4, 0.5) is 16.2 Å². The molecular formula is C30H33ClFN5. The van der Waals surface area contributed by atoms with Gasteiger partial charge in [-0.3, -0.25) is 0 Å². The molecule has 0 radical (unpaired) electrons. The maximum atomic E-state index is 16.6. The highest BCUT2D eigenvalue weighted by Crippen LogP contribution is 2.41. The van der Waals surface area contributed by atoms with Crippen LogP contribution in [0.1, 0.15) is 26.7 Å². The summed E-state index contributed by atoms with van der Waals surface area (Å²) < 4.78 is 16.6. The normalized spacial score (nSPS) is 21.0. The molecule has 3 heterocycles. The van der Waals surface area contributed by atoms with E-state index in [0.29, 0.717) is 39.3 Å². The molecule has 1 aromatic heterocycles. The lowest BCUT2D eigenvalue weighted by atomic mass is 9.96. The highest BCUT2D eigenvalue weighted by Gasteiger charge is 2.27. The SMILES string of the molecule is CC1CCC(C)CN(c2nc(N3CCNCC3)nc3c(F)c(-c4cccc5ccccc45)c(Cl)cc23)C1. The van der Waals surface area contributed by atoms with Gasteiger partial charge >= 0.3 is 0 Å². The zero-order valence-corrected chi connectivity index (χ0v) is 22.2. The van der Waals surface area contributed by atoms with Crippen molar-refractivity contribution in [2.45, 2.75) is 26.7 Å². The third kappa shape index (κ3) is 4.62. The van der Waals surface area contributed by atoms with Crippen LogP contribution in [-0.2, 0) is 0 Å². The average Bonchev–Trinajstić information content (AvgIpc) is 3.09. The fourth-order valence-corrected chi connectivity index (χ4v) is 6.15. The summed E-state index contributed by atoms with van der Waals surface area (Å²) in [5.41, 5.74) is 1.53. The van der Waals surface area contributed by atoms with Crippen LogP contribution in [-0.4, -0.2) is 49.2 Å². The van der Waals surface area contributed by atoms with Crippen LogP contribution in [0.25, 0.3) is 32.8 Å². The Bertz CT molecular complexity index is 1430. The van der Waals surface area contributed by atoms with E-state index in [-0.39, 0.29) is 5.82 Å². The van der Waals surface area contributed by atoms with Crippen molar-refractivity contribution >= 4 is 45.0 Å². The molecule has 1 N–H and O–H groups in total. The number of aromatic nitrogens is 2. The number of fused-ring (bicyclic) bond motifs is 2. The van der Waals surface area contributed by atoms with Crippen molar-refractivity contribution in [3.63, 3.8) is 0 Å². The fraction of sp³-hybridized carbons (Fsp3) is 0.400. The third-order valence-electron chi connectivity index (χ3n) is 7.83. The van der Waals surface area contributed by atoms with Gasteiger partial charge in [0.2, 0.25) is 5.95 Å². The molecule has 2 aliphatic rings. The van der Waals surface area contributed by atoms with E-state index >= 15 is 4.39 Å². The maximum Gasteiger partial charge on any atom is 0.228 e. The van der Waals surface area contributed by atoms with Crippen LogP contribution in [0.2, 0.25) is 5.02 Å². The quantitative estimate of drug-likeness (QED) is 0.335. The summed E-state index contributed by atoms with van der Waals surface area (Å²) in [5, 5.41) is 6.48. The standard InChI is InChI=1S/C30H33ClFN5/c1-19-10-11-20(2)18-37(17-19)29-24-16-25(31)26(23-9-5-7-21-6-3-4-8-22(21)23)27(32)28(24)34-30(35-29)36-14-12-33-13-15-36/h3-9,16,19-20,33H,10-15,17-18H2,1-2H3. The van der Waals surface area contributed by atoms with Gasteiger partial charge in [0.1, 0.15) is 11.3 Å². The summed E-state index contributed by atoms with van der Waals surface area (Å²) in [7, 11) is 0. The van der Waals surface area contributed by atoms with E-state index in [2.05, 4.69) is 29.0 Å². The van der Waals surface area contributed by atoms with Crippen molar-refractivity contribution in [1.29, 1.82) is 0 Å². The Morgan fingerprint density at radius 2 is 1.59 bits per heavy atom. The van der Waals surface area contributed by atoms with E-state index in [4.69, 9.17) is 21.6 Å². The van der Waals surface area contributed by atoms with Crippen LogP contribution < -0.4 is 15.1 Å². The fourth-order valence-electron chi connectivity index (χ4n) is 5.86. The molecular weight excluding hydrogens is 485 g/mol. The Labute approximate surface area is 222 Å². The molecule has 0 aliphatic carbocycles. The van der Waals surface area contributed by atoms with Crippen LogP contribution in [0.3, 0.4) is 0 Å². The molecule has 3 aromatic carbocycles. The largest absolute Gasteiger partial charge is 0.355 e. The topological polar surface area (TPSA) is 44.3 Å². The Morgan fingerprint density at radius 3 is 2.35 bits per heavy atom. The second kappa shape index (κ2) is 10.1. The monoisotopic (exact) mass is 517 g/mol. The zero-order valence-electron chi connectivity index (χ0n) is 21.5. The summed E-state index contributed by atoms with van der Waals surface area (Å²) in [6.45, 7) is 9.67. The van der Waals surface area contributed by atoms with Gasteiger partial charge in [-0.05, 0) is 47.1 Å². The van der Waals surface area contributed by atoms with Gasteiger partial charge in [-0.2, -0.15) is 4.98 Å². The third-order valence-corrected chi connectivity index (χ3v) is 8.12. The highest BCUT2D eigenvalue weighted by molar-refractivity contribution is 6.35. The Morgan fingerprint density at radius 1 is 0.892 bits per heavy atom. The maximum absolute atomic E-state index is 16.6. The Balaban J connectivity index is 1.59. The van der Waals surface area contributed by atoms with Crippen molar-refractivity contribution in [3.05, 3.63) is 59.4 Å². The van der Waals surface area contributed by atoms with Crippen molar-refractivity contribution in [1.82, 2.24) is 15.3 Å². The molecule has 7 heteroatoms. The summed E-state index contributed by atoms with van der Waals surface area (Å²) in [4.78, 5) is 14.4. The Hall–Kier alpha value is -2.96. The molecule has 2 saturated heterocycles.